The molecule has 0 unspecified atom stereocenters. The lowest BCUT2D eigenvalue weighted by Crippen LogP contribution is -2.00. The highest BCUT2D eigenvalue weighted by atomic mass is 15.2. The number of aromatic nitrogens is 5. The maximum atomic E-state index is 5.37. The minimum absolute atomic E-state index is 0.635. The number of rotatable bonds is 8. The summed E-state index contributed by atoms with van der Waals surface area (Å²) in [5, 5.41) is 7.67. The lowest BCUT2D eigenvalue weighted by molar-refractivity contribution is 0.979. The van der Waals surface area contributed by atoms with Crippen LogP contribution in [0.2, 0.25) is 0 Å². The van der Waals surface area contributed by atoms with Crippen molar-refractivity contribution < 1.29 is 0 Å². The Hall–Kier alpha value is -8.28. The summed E-state index contributed by atoms with van der Waals surface area (Å²) in [5.41, 5.74) is 14.9. The molecule has 286 valence electrons. The molecule has 0 bridgehead atoms. The number of benzene rings is 8. The first-order chi connectivity index (χ1) is 30.2. The molecule has 0 amide bonds. The van der Waals surface area contributed by atoms with E-state index in [1.165, 1.54) is 0 Å². The second kappa shape index (κ2) is 15.5. The third-order valence-electron chi connectivity index (χ3n) is 11.3. The molecule has 0 atom stereocenters. The van der Waals surface area contributed by atoms with E-state index in [9.17, 15) is 0 Å². The third kappa shape index (κ3) is 6.84. The molecule has 11 rings (SSSR count). The normalized spacial score (nSPS) is 11.3. The Morgan fingerprint density at radius 3 is 1.28 bits per heavy atom. The largest absolute Gasteiger partial charge is 0.231 e. The summed E-state index contributed by atoms with van der Waals surface area (Å²) in [5.74, 6) is 1.93. The van der Waals surface area contributed by atoms with E-state index < -0.39 is 0 Å². The molecular formula is C56H37N5. The molecule has 0 aliphatic heterocycles. The van der Waals surface area contributed by atoms with Gasteiger partial charge in [-0.3, -0.25) is 0 Å². The van der Waals surface area contributed by atoms with Crippen LogP contribution in [0.1, 0.15) is 0 Å². The summed E-state index contributed by atoms with van der Waals surface area (Å²) in [4.78, 5) is 14.8. The molecule has 5 heteroatoms. The van der Waals surface area contributed by atoms with E-state index in [2.05, 4.69) is 168 Å². The van der Waals surface area contributed by atoms with Crippen molar-refractivity contribution >= 4 is 16.3 Å². The van der Waals surface area contributed by atoms with Gasteiger partial charge in [0.05, 0.1) is 11.2 Å². The van der Waals surface area contributed by atoms with Gasteiger partial charge in [-0.15, -0.1) is 0 Å². The van der Waals surface area contributed by atoms with Gasteiger partial charge >= 0.3 is 0 Å². The Morgan fingerprint density at radius 1 is 0.295 bits per heavy atom. The number of pyridine rings is 1. The second-order valence-corrected chi connectivity index (χ2v) is 15.1. The van der Waals surface area contributed by atoms with Crippen molar-refractivity contribution in [2.45, 2.75) is 0 Å². The zero-order chi connectivity index (χ0) is 40.5. The number of hydrogen-bond donors (Lipinski definition) is 0. The maximum absolute atomic E-state index is 5.37. The molecule has 0 fully saturated rings. The van der Waals surface area contributed by atoms with Gasteiger partial charge in [-0.05, 0) is 51.4 Å². The van der Waals surface area contributed by atoms with E-state index in [0.717, 1.165) is 88.9 Å². The molecule has 0 aliphatic carbocycles. The summed E-state index contributed by atoms with van der Waals surface area (Å²) >= 11 is 0. The van der Waals surface area contributed by atoms with Gasteiger partial charge in [-0.1, -0.05) is 206 Å². The van der Waals surface area contributed by atoms with Crippen molar-refractivity contribution in [1.29, 1.82) is 0 Å². The van der Waals surface area contributed by atoms with E-state index in [0.29, 0.717) is 17.5 Å². The molecule has 8 aromatic carbocycles. The Balaban J connectivity index is 0.996. The molecule has 0 spiro atoms. The molecule has 3 heterocycles. The first-order valence-electron chi connectivity index (χ1n) is 20.5. The maximum Gasteiger partial charge on any atom is 0.164 e. The Labute approximate surface area is 354 Å². The van der Waals surface area contributed by atoms with Crippen molar-refractivity contribution in [2.75, 3.05) is 0 Å². The fourth-order valence-corrected chi connectivity index (χ4v) is 8.25. The molecule has 0 radical (unpaired) electrons. The van der Waals surface area contributed by atoms with Crippen LogP contribution in [0.15, 0.2) is 224 Å². The van der Waals surface area contributed by atoms with Crippen LogP contribution < -0.4 is 0 Å². The predicted molar refractivity (Wildman–Crippen MR) is 250 cm³/mol. The summed E-state index contributed by atoms with van der Waals surface area (Å²) in [6.45, 7) is 0. The van der Waals surface area contributed by atoms with Crippen molar-refractivity contribution in [3.63, 3.8) is 0 Å². The molecule has 0 saturated heterocycles. The standard InChI is InChI=1S/C56H37N5/c1-6-17-40(18-7-1)50-37-48-36-46(33-34-49(48)53-51(41-19-8-2-9-20-41)52(60-61(50)53)42-21-10-3-11-22-42)39-31-29-38(30-32-39)45-27-16-28-47(35-45)56-58-54(43-23-12-4-13-24-43)57-55(59-56)44-25-14-5-15-26-44/h1-37H. The van der Waals surface area contributed by atoms with Crippen LogP contribution >= 0.6 is 0 Å². The average molecular weight is 780 g/mol. The fraction of sp³-hybridized carbons (Fsp3) is 0. The molecule has 0 saturated carbocycles. The Kier molecular flexibility index (Phi) is 9.10. The number of hydrogen-bond acceptors (Lipinski definition) is 4. The predicted octanol–water partition coefficient (Wildman–Crippen LogP) is 14.0. The molecule has 3 aromatic heterocycles. The first-order valence-corrected chi connectivity index (χ1v) is 20.5. The first kappa shape index (κ1) is 35.8. The van der Waals surface area contributed by atoms with E-state index in [1.54, 1.807) is 0 Å². The zero-order valence-electron chi connectivity index (χ0n) is 33.1. The zero-order valence-corrected chi connectivity index (χ0v) is 33.1. The van der Waals surface area contributed by atoms with Gasteiger partial charge in [0, 0.05) is 38.8 Å². The van der Waals surface area contributed by atoms with Crippen LogP contribution in [-0.2, 0) is 0 Å². The summed E-state index contributed by atoms with van der Waals surface area (Å²) in [7, 11) is 0. The van der Waals surface area contributed by atoms with Crippen LogP contribution in [0.4, 0.5) is 0 Å². The van der Waals surface area contributed by atoms with Gasteiger partial charge in [0.2, 0.25) is 0 Å². The van der Waals surface area contributed by atoms with Crippen molar-refractivity contribution in [1.82, 2.24) is 24.6 Å². The van der Waals surface area contributed by atoms with Crippen LogP contribution in [0, 0.1) is 0 Å². The number of fused-ring (bicyclic) bond motifs is 3. The van der Waals surface area contributed by atoms with Gasteiger partial charge in [0.1, 0.15) is 5.69 Å². The van der Waals surface area contributed by atoms with E-state index in [4.69, 9.17) is 20.1 Å². The van der Waals surface area contributed by atoms with Gasteiger partial charge < -0.3 is 0 Å². The minimum Gasteiger partial charge on any atom is -0.231 e. The van der Waals surface area contributed by atoms with E-state index in [1.807, 2.05) is 60.7 Å². The van der Waals surface area contributed by atoms with Gasteiger partial charge in [0.25, 0.3) is 0 Å². The smallest absolute Gasteiger partial charge is 0.164 e. The van der Waals surface area contributed by atoms with Gasteiger partial charge in [0.15, 0.2) is 17.5 Å². The van der Waals surface area contributed by atoms with Crippen molar-refractivity contribution in [2.24, 2.45) is 0 Å². The quantitative estimate of drug-likeness (QED) is 0.154. The van der Waals surface area contributed by atoms with Crippen LogP contribution in [0.3, 0.4) is 0 Å². The van der Waals surface area contributed by atoms with Gasteiger partial charge in [-0.25, -0.2) is 19.5 Å². The van der Waals surface area contributed by atoms with E-state index >= 15 is 0 Å². The summed E-state index contributed by atoms with van der Waals surface area (Å²) in [6, 6.07) is 78.3. The van der Waals surface area contributed by atoms with Crippen molar-refractivity contribution in [3.05, 3.63) is 224 Å². The summed E-state index contributed by atoms with van der Waals surface area (Å²) < 4.78 is 2.15. The molecule has 0 aliphatic rings. The second-order valence-electron chi connectivity index (χ2n) is 15.1. The van der Waals surface area contributed by atoms with Crippen LogP contribution in [0.5, 0.6) is 0 Å². The van der Waals surface area contributed by atoms with Gasteiger partial charge in [-0.2, -0.15) is 5.10 Å². The highest BCUT2D eigenvalue weighted by Gasteiger charge is 2.22. The van der Waals surface area contributed by atoms with Crippen molar-refractivity contribution in [3.8, 4) is 90.1 Å². The average Bonchev–Trinajstić information content (AvgIpc) is 3.76. The lowest BCUT2D eigenvalue weighted by Gasteiger charge is -2.12. The fourth-order valence-electron chi connectivity index (χ4n) is 8.25. The molecule has 61 heavy (non-hydrogen) atoms. The Bertz CT molecular complexity index is 3250. The lowest BCUT2D eigenvalue weighted by atomic mass is 9.94. The number of nitrogens with zero attached hydrogens (tertiary/aromatic N) is 5. The third-order valence-corrected chi connectivity index (χ3v) is 11.3. The Morgan fingerprint density at radius 2 is 0.721 bits per heavy atom. The monoisotopic (exact) mass is 779 g/mol. The molecule has 11 aromatic rings. The molecule has 5 nitrogen and oxygen atoms in total. The summed E-state index contributed by atoms with van der Waals surface area (Å²) in [6.07, 6.45) is 0. The topological polar surface area (TPSA) is 56.0 Å². The SMILES string of the molecule is c1ccc(-c2nc(-c3ccccc3)nc(-c3cccc(-c4ccc(-c5ccc6c(c5)cc(-c5ccccc5)n5nc(-c7ccccc7)c(-c7ccccc7)c65)cc4)c3)n2)cc1. The highest BCUT2D eigenvalue weighted by molar-refractivity contribution is 6.09. The van der Waals surface area contributed by atoms with E-state index in [-0.39, 0.29) is 0 Å². The minimum atomic E-state index is 0.635. The van der Waals surface area contributed by atoms with Crippen LogP contribution in [-0.4, -0.2) is 24.6 Å². The molecular weight excluding hydrogens is 743 g/mol. The van der Waals surface area contributed by atoms with Crippen LogP contribution in [0.25, 0.3) is 106 Å². The molecule has 0 N–H and O–H groups in total. The highest BCUT2D eigenvalue weighted by Crippen LogP contribution is 2.42.